The highest BCUT2D eigenvalue weighted by Crippen LogP contribution is 2.23. The summed E-state index contributed by atoms with van der Waals surface area (Å²) < 4.78 is 12.7. The third-order valence-electron chi connectivity index (χ3n) is 3.50. The molecule has 2 aromatic carbocycles. The molecular formula is C19H18NO2+. The monoisotopic (exact) mass is 292 g/mol. The van der Waals surface area contributed by atoms with E-state index in [1.165, 1.54) is 0 Å². The summed E-state index contributed by atoms with van der Waals surface area (Å²) in [7, 11) is 3.56. The van der Waals surface area contributed by atoms with Crippen LogP contribution in [0.2, 0.25) is 0 Å². The first-order valence-electron chi connectivity index (χ1n) is 7.14. The first kappa shape index (κ1) is 14.1. The predicted molar refractivity (Wildman–Crippen MR) is 87.2 cm³/mol. The van der Waals surface area contributed by atoms with Gasteiger partial charge in [-0.05, 0) is 40.6 Å². The van der Waals surface area contributed by atoms with E-state index in [9.17, 15) is 0 Å². The van der Waals surface area contributed by atoms with Gasteiger partial charge in [0.05, 0.1) is 13.2 Å². The van der Waals surface area contributed by atoms with Gasteiger partial charge in [-0.3, -0.25) is 0 Å². The number of aryl methyl sites for hydroxylation is 1. The van der Waals surface area contributed by atoms with Crippen LogP contribution in [-0.2, 0) is 7.05 Å². The number of nitrogens with zero attached hydrogens (tertiary/aromatic N) is 1. The average molecular weight is 292 g/mol. The van der Waals surface area contributed by atoms with Gasteiger partial charge in [-0.1, -0.05) is 30.3 Å². The summed E-state index contributed by atoms with van der Waals surface area (Å²) in [6.07, 6.45) is 4.12. The molecule has 110 valence electrons. The van der Waals surface area contributed by atoms with Crippen molar-refractivity contribution in [2.24, 2.45) is 7.05 Å². The van der Waals surface area contributed by atoms with E-state index in [0.717, 1.165) is 28.3 Å². The van der Waals surface area contributed by atoms with Gasteiger partial charge in [0.15, 0.2) is 7.05 Å². The Morgan fingerprint density at radius 1 is 0.955 bits per heavy atom. The summed E-state index contributed by atoms with van der Waals surface area (Å²) in [4.78, 5) is 0. The molecule has 0 radical (unpaired) electrons. The van der Waals surface area contributed by atoms with Crippen molar-refractivity contribution >= 4 is 12.2 Å². The molecule has 1 heterocycles. The number of methoxy groups -OCH3 is 1. The van der Waals surface area contributed by atoms with Crippen LogP contribution in [0.5, 0.6) is 5.75 Å². The van der Waals surface area contributed by atoms with Crippen molar-refractivity contribution in [2.45, 2.75) is 0 Å². The molecule has 1 aromatic heterocycles. The highest BCUT2D eigenvalue weighted by atomic mass is 16.5. The third kappa shape index (κ3) is 3.09. The SMILES string of the molecule is COc1ccc(-c2cc(/C=C/c3ccccc3)[n+](C)o2)cc1. The van der Waals surface area contributed by atoms with Crippen molar-refractivity contribution in [2.75, 3.05) is 7.11 Å². The lowest BCUT2D eigenvalue weighted by atomic mass is 10.1. The van der Waals surface area contributed by atoms with Crippen LogP contribution in [0.4, 0.5) is 0 Å². The number of hydrogen-bond acceptors (Lipinski definition) is 2. The molecule has 3 rings (SSSR count). The first-order chi connectivity index (χ1) is 10.8. The van der Waals surface area contributed by atoms with E-state index >= 15 is 0 Å². The second-order valence-electron chi connectivity index (χ2n) is 4.99. The number of hydrogen-bond donors (Lipinski definition) is 0. The summed E-state index contributed by atoms with van der Waals surface area (Å²) in [5.41, 5.74) is 3.19. The molecule has 0 fully saturated rings. The fourth-order valence-electron chi connectivity index (χ4n) is 2.24. The zero-order valence-corrected chi connectivity index (χ0v) is 12.7. The lowest BCUT2D eigenvalue weighted by Crippen LogP contribution is -2.27. The molecule has 3 heteroatoms. The van der Waals surface area contributed by atoms with Gasteiger partial charge < -0.3 is 4.74 Å². The molecule has 0 spiro atoms. The zero-order chi connectivity index (χ0) is 15.4. The van der Waals surface area contributed by atoms with E-state index in [1.807, 2.05) is 61.7 Å². The second kappa shape index (κ2) is 6.31. The lowest BCUT2D eigenvalue weighted by Gasteiger charge is -1.98. The van der Waals surface area contributed by atoms with Crippen LogP contribution in [0.15, 0.2) is 65.2 Å². The Morgan fingerprint density at radius 3 is 2.36 bits per heavy atom. The minimum atomic E-state index is 0.831. The highest BCUT2D eigenvalue weighted by molar-refractivity contribution is 5.69. The molecule has 0 saturated carbocycles. The van der Waals surface area contributed by atoms with Gasteiger partial charge in [-0.15, -0.1) is 0 Å². The number of ether oxygens (including phenoxy) is 1. The molecule has 0 atom stereocenters. The molecule has 0 aliphatic rings. The van der Waals surface area contributed by atoms with Crippen LogP contribution < -0.4 is 9.48 Å². The van der Waals surface area contributed by atoms with Gasteiger partial charge in [-0.25, -0.2) is 4.52 Å². The topological polar surface area (TPSA) is 26.2 Å². The number of aromatic nitrogens is 1. The minimum absolute atomic E-state index is 0.831. The Hall–Kier alpha value is -2.81. The number of rotatable bonds is 4. The van der Waals surface area contributed by atoms with E-state index in [-0.39, 0.29) is 0 Å². The molecule has 0 saturated heterocycles. The van der Waals surface area contributed by atoms with Crippen molar-refractivity contribution < 1.29 is 14.0 Å². The van der Waals surface area contributed by atoms with Crippen molar-refractivity contribution in [1.29, 1.82) is 0 Å². The molecular weight excluding hydrogens is 274 g/mol. The molecule has 0 amide bonds. The maximum atomic E-state index is 5.79. The molecule has 3 nitrogen and oxygen atoms in total. The summed E-state index contributed by atoms with van der Waals surface area (Å²) in [5.74, 6) is 1.67. The van der Waals surface area contributed by atoms with Gasteiger partial charge in [0.1, 0.15) is 5.75 Å². The zero-order valence-electron chi connectivity index (χ0n) is 12.7. The van der Waals surface area contributed by atoms with Crippen LogP contribution in [0.25, 0.3) is 23.5 Å². The Kier molecular flexibility index (Phi) is 4.05. The molecule has 0 N–H and O–H groups in total. The Morgan fingerprint density at radius 2 is 1.68 bits per heavy atom. The van der Waals surface area contributed by atoms with E-state index < -0.39 is 0 Å². The quantitative estimate of drug-likeness (QED) is 0.681. The summed E-state index contributed by atoms with van der Waals surface area (Å²) in [6, 6.07) is 20.1. The normalized spacial score (nSPS) is 11.0. The maximum Gasteiger partial charge on any atom is 0.255 e. The maximum absolute atomic E-state index is 5.79. The summed E-state index contributed by atoms with van der Waals surface area (Å²) >= 11 is 0. The van der Waals surface area contributed by atoms with Crippen molar-refractivity contribution in [3.8, 4) is 17.1 Å². The van der Waals surface area contributed by atoms with Gasteiger partial charge in [0.2, 0.25) is 5.76 Å². The second-order valence-corrected chi connectivity index (χ2v) is 4.99. The van der Waals surface area contributed by atoms with Crippen LogP contribution >= 0.6 is 0 Å². The standard InChI is InChI=1S/C19H18NO2/c1-20-17(11-8-15-6-4-3-5-7-15)14-19(22-20)16-9-12-18(21-2)13-10-16/h3-14H,1-2H3/q+1/b11-8+. The smallest absolute Gasteiger partial charge is 0.255 e. The first-order valence-corrected chi connectivity index (χ1v) is 7.14. The fourth-order valence-corrected chi connectivity index (χ4v) is 2.24. The molecule has 0 bridgehead atoms. The number of benzene rings is 2. The van der Waals surface area contributed by atoms with E-state index in [1.54, 1.807) is 11.8 Å². The van der Waals surface area contributed by atoms with Crippen molar-refractivity contribution in [1.82, 2.24) is 0 Å². The van der Waals surface area contributed by atoms with Gasteiger partial charge in [0, 0.05) is 11.6 Å². The van der Waals surface area contributed by atoms with Crippen molar-refractivity contribution in [3.63, 3.8) is 0 Å². The van der Waals surface area contributed by atoms with Gasteiger partial charge >= 0.3 is 0 Å². The summed E-state index contributed by atoms with van der Waals surface area (Å²) in [5, 5.41) is 0. The Labute approximate surface area is 130 Å². The van der Waals surface area contributed by atoms with Gasteiger partial charge in [-0.2, -0.15) is 0 Å². The highest BCUT2D eigenvalue weighted by Gasteiger charge is 2.14. The largest absolute Gasteiger partial charge is 0.497 e. The van der Waals surface area contributed by atoms with Crippen LogP contribution in [-0.4, -0.2) is 7.11 Å². The predicted octanol–water partition coefficient (Wildman–Crippen LogP) is 3.95. The van der Waals surface area contributed by atoms with Crippen LogP contribution in [0, 0.1) is 0 Å². The van der Waals surface area contributed by atoms with E-state index in [0.29, 0.717) is 0 Å². The molecule has 3 aromatic rings. The van der Waals surface area contributed by atoms with Crippen LogP contribution in [0.1, 0.15) is 11.3 Å². The fraction of sp³-hybridized carbons (Fsp3) is 0.105. The molecule has 0 aliphatic carbocycles. The Bertz CT molecular complexity index is 771. The summed E-state index contributed by atoms with van der Waals surface area (Å²) in [6.45, 7) is 0. The third-order valence-corrected chi connectivity index (χ3v) is 3.50. The molecule has 22 heavy (non-hydrogen) atoms. The van der Waals surface area contributed by atoms with Crippen molar-refractivity contribution in [3.05, 3.63) is 71.9 Å². The van der Waals surface area contributed by atoms with Crippen LogP contribution in [0.3, 0.4) is 0 Å². The molecule has 0 aliphatic heterocycles. The van der Waals surface area contributed by atoms with E-state index in [2.05, 4.69) is 18.2 Å². The lowest BCUT2D eigenvalue weighted by molar-refractivity contribution is -0.844. The van der Waals surface area contributed by atoms with Gasteiger partial charge in [0.25, 0.3) is 5.69 Å². The van der Waals surface area contributed by atoms with E-state index in [4.69, 9.17) is 9.26 Å². The molecule has 0 unspecified atom stereocenters. The average Bonchev–Trinajstić information content (AvgIpc) is 2.95. The minimum Gasteiger partial charge on any atom is -0.497 e. The Balaban J connectivity index is 1.85.